The Morgan fingerprint density at radius 2 is 1.72 bits per heavy atom. The summed E-state index contributed by atoms with van der Waals surface area (Å²) in [6.07, 6.45) is 9.50. The first-order valence-corrected chi connectivity index (χ1v) is 7.53. The molecule has 2 heterocycles. The Kier molecular flexibility index (Phi) is 3.57. The lowest BCUT2D eigenvalue weighted by molar-refractivity contribution is -0.124. The number of fused-ring (bicyclic) bond motifs is 2. The van der Waals surface area contributed by atoms with E-state index in [2.05, 4.69) is 10.2 Å². The van der Waals surface area contributed by atoms with Crippen molar-refractivity contribution >= 4 is 5.91 Å². The van der Waals surface area contributed by atoms with Gasteiger partial charge in [0.25, 0.3) is 0 Å². The number of carbonyl (C=O) groups excluding carboxylic acids is 1. The highest BCUT2D eigenvalue weighted by molar-refractivity contribution is 5.78. The minimum atomic E-state index is 0.231. The third kappa shape index (κ3) is 2.54. The van der Waals surface area contributed by atoms with Crippen LogP contribution in [0.3, 0.4) is 0 Å². The molecule has 0 aromatic carbocycles. The molecule has 0 radical (unpaired) electrons. The molecule has 3 rings (SSSR count). The lowest BCUT2D eigenvalue weighted by Gasteiger charge is -2.37. The van der Waals surface area contributed by atoms with Crippen molar-refractivity contribution in [2.75, 3.05) is 6.54 Å². The van der Waals surface area contributed by atoms with Crippen molar-refractivity contribution in [3.8, 4) is 0 Å². The van der Waals surface area contributed by atoms with Crippen LogP contribution in [-0.2, 0) is 4.79 Å². The third-order valence-corrected chi connectivity index (χ3v) is 4.97. The number of nitrogens with zero attached hydrogens (tertiary/aromatic N) is 1. The average Bonchev–Trinajstić information content (AvgIpc) is 2.88. The minimum Gasteiger partial charge on any atom is -0.352 e. The maximum Gasteiger partial charge on any atom is 0.234 e. The van der Waals surface area contributed by atoms with Crippen LogP contribution in [-0.4, -0.2) is 41.5 Å². The first-order chi connectivity index (χ1) is 8.72. The molecule has 2 unspecified atom stereocenters. The summed E-state index contributed by atoms with van der Waals surface area (Å²) in [7, 11) is 0. The lowest BCUT2D eigenvalue weighted by atomic mass is 9.98. The summed E-state index contributed by atoms with van der Waals surface area (Å²) in [6.45, 7) is 0.596. The third-order valence-electron chi connectivity index (χ3n) is 4.97. The van der Waals surface area contributed by atoms with Crippen LogP contribution in [0.2, 0.25) is 0 Å². The normalized spacial score (nSPS) is 37.1. The van der Waals surface area contributed by atoms with Gasteiger partial charge < -0.3 is 11.1 Å². The van der Waals surface area contributed by atoms with Gasteiger partial charge >= 0.3 is 0 Å². The Hall–Kier alpha value is -0.610. The molecule has 3 N–H and O–H groups in total. The Balaban J connectivity index is 1.51. The van der Waals surface area contributed by atoms with E-state index in [1.165, 1.54) is 38.5 Å². The van der Waals surface area contributed by atoms with E-state index in [-0.39, 0.29) is 5.91 Å². The second-order valence-corrected chi connectivity index (χ2v) is 6.34. The number of carbonyl (C=O) groups is 1. The van der Waals surface area contributed by atoms with Crippen LogP contribution in [0, 0.1) is 0 Å². The summed E-state index contributed by atoms with van der Waals surface area (Å²) < 4.78 is 0. The fourth-order valence-corrected chi connectivity index (χ4v) is 4.08. The Morgan fingerprint density at radius 3 is 2.33 bits per heavy atom. The van der Waals surface area contributed by atoms with Crippen molar-refractivity contribution in [2.24, 2.45) is 5.73 Å². The largest absolute Gasteiger partial charge is 0.352 e. The summed E-state index contributed by atoms with van der Waals surface area (Å²) in [5.41, 5.74) is 6.05. The van der Waals surface area contributed by atoms with Gasteiger partial charge in [-0.2, -0.15) is 0 Å². The van der Waals surface area contributed by atoms with Gasteiger partial charge in [-0.1, -0.05) is 12.8 Å². The molecule has 18 heavy (non-hydrogen) atoms. The quantitative estimate of drug-likeness (QED) is 0.787. The maximum absolute atomic E-state index is 12.1. The van der Waals surface area contributed by atoms with Gasteiger partial charge in [-0.05, 0) is 38.5 Å². The number of rotatable bonds is 3. The van der Waals surface area contributed by atoms with Crippen LogP contribution in [0.1, 0.15) is 51.4 Å². The molecular formula is C14H25N3O. The number of hydrogen-bond acceptors (Lipinski definition) is 3. The van der Waals surface area contributed by atoms with Crippen LogP contribution in [0.15, 0.2) is 0 Å². The molecule has 2 saturated heterocycles. The predicted octanol–water partition coefficient (Wildman–Crippen LogP) is 0.999. The van der Waals surface area contributed by atoms with E-state index in [1.54, 1.807) is 0 Å². The minimum absolute atomic E-state index is 0.231. The molecule has 3 fully saturated rings. The van der Waals surface area contributed by atoms with Crippen LogP contribution in [0.25, 0.3) is 0 Å². The molecule has 2 aliphatic heterocycles. The summed E-state index contributed by atoms with van der Waals surface area (Å²) in [5, 5.41) is 3.19. The second kappa shape index (κ2) is 5.17. The van der Waals surface area contributed by atoms with Crippen LogP contribution in [0.4, 0.5) is 0 Å². The molecule has 1 aliphatic carbocycles. The number of nitrogens with one attached hydrogen (secondary N) is 1. The molecule has 0 aromatic heterocycles. The van der Waals surface area contributed by atoms with E-state index >= 15 is 0 Å². The highest BCUT2D eigenvalue weighted by Crippen LogP contribution is 2.34. The van der Waals surface area contributed by atoms with E-state index in [1.807, 2.05) is 0 Å². The molecule has 4 heteroatoms. The van der Waals surface area contributed by atoms with Gasteiger partial charge in [-0.15, -0.1) is 0 Å². The molecule has 102 valence electrons. The van der Waals surface area contributed by atoms with Crippen molar-refractivity contribution in [1.82, 2.24) is 10.2 Å². The molecule has 3 aliphatic rings. The zero-order chi connectivity index (χ0) is 12.5. The lowest BCUT2D eigenvalue weighted by Crippen LogP contribution is -2.51. The SMILES string of the molecule is NC1CC2CCC(C1)N2CC(=O)NC1CCCC1. The predicted molar refractivity (Wildman–Crippen MR) is 71.1 cm³/mol. The summed E-state index contributed by atoms with van der Waals surface area (Å²) in [4.78, 5) is 14.5. The molecule has 0 spiro atoms. The van der Waals surface area contributed by atoms with Crippen molar-refractivity contribution < 1.29 is 4.79 Å². The second-order valence-electron chi connectivity index (χ2n) is 6.34. The van der Waals surface area contributed by atoms with Crippen LogP contribution < -0.4 is 11.1 Å². The van der Waals surface area contributed by atoms with Gasteiger partial charge in [0.15, 0.2) is 0 Å². The number of piperidine rings is 1. The molecule has 1 amide bonds. The summed E-state index contributed by atoms with van der Waals surface area (Å²) in [5.74, 6) is 0.231. The van der Waals surface area contributed by atoms with E-state index < -0.39 is 0 Å². The van der Waals surface area contributed by atoms with Gasteiger partial charge in [0.05, 0.1) is 6.54 Å². The molecule has 1 saturated carbocycles. The Bertz CT molecular complexity index is 300. The molecular weight excluding hydrogens is 226 g/mol. The topological polar surface area (TPSA) is 58.4 Å². The van der Waals surface area contributed by atoms with Gasteiger partial charge in [-0.25, -0.2) is 0 Å². The fraction of sp³-hybridized carbons (Fsp3) is 0.929. The summed E-state index contributed by atoms with van der Waals surface area (Å²) >= 11 is 0. The maximum atomic E-state index is 12.1. The zero-order valence-corrected chi connectivity index (χ0v) is 11.1. The monoisotopic (exact) mass is 251 g/mol. The standard InChI is InChI=1S/C14H25N3O/c15-10-7-12-5-6-13(8-10)17(12)9-14(18)16-11-3-1-2-4-11/h10-13H,1-9,15H2,(H,16,18). The molecule has 4 nitrogen and oxygen atoms in total. The number of hydrogen-bond donors (Lipinski definition) is 2. The number of nitrogens with two attached hydrogens (primary N) is 1. The smallest absolute Gasteiger partial charge is 0.234 e. The molecule has 2 atom stereocenters. The highest BCUT2D eigenvalue weighted by atomic mass is 16.2. The first-order valence-electron chi connectivity index (χ1n) is 7.53. The Morgan fingerprint density at radius 1 is 1.11 bits per heavy atom. The van der Waals surface area contributed by atoms with Gasteiger partial charge in [-0.3, -0.25) is 9.69 Å². The van der Waals surface area contributed by atoms with Gasteiger partial charge in [0.2, 0.25) is 5.91 Å². The van der Waals surface area contributed by atoms with E-state index in [4.69, 9.17) is 5.73 Å². The van der Waals surface area contributed by atoms with Gasteiger partial charge in [0.1, 0.15) is 0 Å². The van der Waals surface area contributed by atoms with Crippen molar-refractivity contribution in [2.45, 2.75) is 75.5 Å². The van der Waals surface area contributed by atoms with Crippen LogP contribution >= 0.6 is 0 Å². The van der Waals surface area contributed by atoms with Crippen molar-refractivity contribution in [3.05, 3.63) is 0 Å². The molecule has 0 aromatic rings. The Labute approximate surface area is 109 Å². The van der Waals surface area contributed by atoms with E-state index in [9.17, 15) is 4.79 Å². The van der Waals surface area contributed by atoms with Crippen LogP contribution in [0.5, 0.6) is 0 Å². The zero-order valence-electron chi connectivity index (χ0n) is 11.1. The van der Waals surface area contributed by atoms with E-state index in [0.29, 0.717) is 30.7 Å². The summed E-state index contributed by atoms with van der Waals surface area (Å²) in [6, 6.07) is 1.93. The van der Waals surface area contributed by atoms with E-state index in [0.717, 1.165) is 12.8 Å². The number of amides is 1. The van der Waals surface area contributed by atoms with Crippen molar-refractivity contribution in [1.29, 1.82) is 0 Å². The van der Waals surface area contributed by atoms with Crippen molar-refractivity contribution in [3.63, 3.8) is 0 Å². The first kappa shape index (κ1) is 12.4. The highest BCUT2D eigenvalue weighted by Gasteiger charge is 2.40. The van der Waals surface area contributed by atoms with Gasteiger partial charge in [0, 0.05) is 24.2 Å². The molecule has 2 bridgehead atoms. The fourth-order valence-electron chi connectivity index (χ4n) is 4.08. The average molecular weight is 251 g/mol.